The second kappa shape index (κ2) is 4.10. The minimum atomic E-state index is -1.00. The Morgan fingerprint density at radius 3 is 2.93 bits per heavy atom. The number of hydrogen-bond donors (Lipinski definition) is 1. The van der Waals surface area contributed by atoms with Gasteiger partial charge in [-0.2, -0.15) is 0 Å². The van der Waals surface area contributed by atoms with Crippen LogP contribution < -0.4 is 4.74 Å². The first-order valence-electron chi connectivity index (χ1n) is 4.64. The average molecular weight is 225 g/mol. The van der Waals surface area contributed by atoms with Crippen molar-refractivity contribution in [3.63, 3.8) is 0 Å². The van der Waals surface area contributed by atoms with E-state index in [-0.39, 0.29) is 5.69 Å². The Labute approximate surface area is 91.7 Å². The molecule has 0 radical (unpaired) electrons. The van der Waals surface area contributed by atoms with Crippen LogP contribution in [0.25, 0.3) is 0 Å². The molecule has 80 valence electrons. The van der Waals surface area contributed by atoms with Crippen molar-refractivity contribution in [3.05, 3.63) is 18.0 Å². The molecule has 1 aromatic rings. The number of nitrogens with zero attached hydrogens (tertiary/aromatic N) is 1. The van der Waals surface area contributed by atoms with Gasteiger partial charge in [-0.25, -0.2) is 9.78 Å². The Balaban J connectivity index is 2.24. The Bertz CT molecular complexity index is 390. The van der Waals surface area contributed by atoms with E-state index in [1.54, 1.807) is 6.07 Å². The Morgan fingerprint density at radius 1 is 1.67 bits per heavy atom. The van der Waals surface area contributed by atoms with E-state index in [2.05, 4.69) is 4.98 Å². The second-order valence-electron chi connectivity index (χ2n) is 3.34. The fourth-order valence-corrected chi connectivity index (χ4v) is 1.75. The molecule has 1 aliphatic rings. The van der Waals surface area contributed by atoms with Crippen molar-refractivity contribution in [1.82, 2.24) is 4.98 Å². The summed E-state index contributed by atoms with van der Waals surface area (Å²) in [5.74, 6) is -0.343. The van der Waals surface area contributed by atoms with E-state index in [0.29, 0.717) is 16.7 Å². The van der Waals surface area contributed by atoms with Gasteiger partial charge < -0.3 is 9.84 Å². The minimum absolute atomic E-state index is 0.0886. The van der Waals surface area contributed by atoms with Gasteiger partial charge in [0.1, 0.15) is 5.75 Å². The Hall–Kier alpha value is -1.23. The van der Waals surface area contributed by atoms with Crippen LogP contribution in [0, 0.1) is 0 Å². The Morgan fingerprint density at radius 2 is 2.40 bits per heavy atom. The lowest BCUT2D eigenvalue weighted by atomic mass is 10.3. The number of thioether (sulfide) groups is 1. The molecule has 2 rings (SSSR count). The third-order valence-electron chi connectivity index (χ3n) is 2.08. The van der Waals surface area contributed by atoms with Crippen molar-refractivity contribution in [2.75, 3.05) is 6.26 Å². The quantitative estimate of drug-likeness (QED) is 0.794. The number of carboxylic acid groups (broad SMARTS) is 1. The number of carbonyl (C=O) groups is 1. The van der Waals surface area contributed by atoms with E-state index in [1.165, 1.54) is 18.0 Å². The van der Waals surface area contributed by atoms with Gasteiger partial charge in [0.2, 0.25) is 0 Å². The van der Waals surface area contributed by atoms with E-state index < -0.39 is 5.97 Å². The lowest BCUT2D eigenvalue weighted by molar-refractivity contribution is 0.0686. The first-order valence-corrected chi connectivity index (χ1v) is 5.87. The van der Waals surface area contributed by atoms with E-state index in [0.717, 1.165) is 12.8 Å². The van der Waals surface area contributed by atoms with Crippen molar-refractivity contribution in [3.8, 4) is 5.75 Å². The Kier molecular flexibility index (Phi) is 2.81. The molecule has 4 nitrogen and oxygen atoms in total. The van der Waals surface area contributed by atoms with Crippen LogP contribution in [0.1, 0.15) is 23.3 Å². The monoisotopic (exact) mass is 225 g/mol. The summed E-state index contributed by atoms with van der Waals surface area (Å²) in [6, 6.07) is 1.74. The van der Waals surface area contributed by atoms with Crippen LogP contribution in [0.4, 0.5) is 0 Å². The lowest BCUT2D eigenvalue weighted by Gasteiger charge is -2.07. The first kappa shape index (κ1) is 10.3. The molecule has 1 aromatic heterocycles. The molecule has 0 bridgehead atoms. The fourth-order valence-electron chi connectivity index (χ4n) is 1.19. The highest BCUT2D eigenvalue weighted by Gasteiger charge is 2.24. The molecule has 1 aliphatic carbocycles. The molecule has 1 saturated carbocycles. The number of carboxylic acids is 1. The summed E-state index contributed by atoms with van der Waals surface area (Å²) < 4.78 is 5.53. The summed E-state index contributed by atoms with van der Waals surface area (Å²) in [5, 5.41) is 8.87. The lowest BCUT2D eigenvalue weighted by Crippen LogP contribution is -2.04. The van der Waals surface area contributed by atoms with E-state index in [1.807, 2.05) is 6.26 Å². The maximum atomic E-state index is 10.8. The van der Waals surface area contributed by atoms with Gasteiger partial charge >= 0.3 is 5.97 Å². The molecule has 15 heavy (non-hydrogen) atoms. The van der Waals surface area contributed by atoms with Crippen molar-refractivity contribution in [2.24, 2.45) is 0 Å². The van der Waals surface area contributed by atoms with Gasteiger partial charge in [-0.05, 0) is 25.2 Å². The molecular weight excluding hydrogens is 214 g/mol. The van der Waals surface area contributed by atoms with Crippen LogP contribution in [-0.4, -0.2) is 28.4 Å². The van der Waals surface area contributed by atoms with Crippen molar-refractivity contribution >= 4 is 17.7 Å². The molecule has 0 unspecified atom stereocenters. The molecule has 5 heteroatoms. The van der Waals surface area contributed by atoms with Crippen LogP contribution >= 0.6 is 11.8 Å². The van der Waals surface area contributed by atoms with Crippen LogP contribution in [0.3, 0.4) is 0 Å². The van der Waals surface area contributed by atoms with Gasteiger partial charge in [0.15, 0.2) is 5.69 Å². The maximum absolute atomic E-state index is 10.8. The molecule has 0 saturated heterocycles. The van der Waals surface area contributed by atoms with Gasteiger partial charge in [0, 0.05) is 4.90 Å². The zero-order valence-corrected chi connectivity index (χ0v) is 9.08. The summed E-state index contributed by atoms with van der Waals surface area (Å²) >= 11 is 1.36. The summed E-state index contributed by atoms with van der Waals surface area (Å²) in [4.78, 5) is 15.3. The maximum Gasteiger partial charge on any atom is 0.355 e. The first-order chi connectivity index (χ1) is 7.20. The zero-order chi connectivity index (χ0) is 10.8. The van der Waals surface area contributed by atoms with Crippen LogP contribution in [-0.2, 0) is 0 Å². The minimum Gasteiger partial charge on any atom is -0.489 e. The largest absolute Gasteiger partial charge is 0.489 e. The summed E-state index contributed by atoms with van der Waals surface area (Å²) in [6.07, 6.45) is 5.76. The summed E-state index contributed by atoms with van der Waals surface area (Å²) in [5.41, 5.74) is 0.0886. The van der Waals surface area contributed by atoms with Crippen LogP contribution in [0.2, 0.25) is 0 Å². The zero-order valence-electron chi connectivity index (χ0n) is 8.27. The third kappa shape index (κ3) is 2.41. The van der Waals surface area contributed by atoms with Crippen molar-refractivity contribution in [2.45, 2.75) is 23.8 Å². The number of aromatic nitrogens is 1. The molecule has 0 amide bonds. The topological polar surface area (TPSA) is 59.4 Å². The van der Waals surface area contributed by atoms with Gasteiger partial charge in [0.05, 0.1) is 12.3 Å². The number of hydrogen-bond acceptors (Lipinski definition) is 4. The smallest absolute Gasteiger partial charge is 0.355 e. The van der Waals surface area contributed by atoms with Crippen molar-refractivity contribution in [1.29, 1.82) is 0 Å². The molecule has 0 atom stereocenters. The van der Waals surface area contributed by atoms with Gasteiger partial charge in [-0.1, -0.05) is 0 Å². The highest BCUT2D eigenvalue weighted by atomic mass is 32.2. The van der Waals surface area contributed by atoms with Gasteiger partial charge in [0.25, 0.3) is 0 Å². The number of ether oxygens (including phenoxy) is 1. The second-order valence-corrected chi connectivity index (χ2v) is 4.19. The molecule has 1 heterocycles. The highest BCUT2D eigenvalue weighted by Crippen LogP contribution is 2.29. The van der Waals surface area contributed by atoms with Crippen molar-refractivity contribution < 1.29 is 14.6 Å². The molecular formula is C10H11NO3S. The fraction of sp³-hybridized carbons (Fsp3) is 0.400. The standard InChI is InChI=1S/C10H11NO3S/c1-15-8-4-7(14-6-2-3-6)5-11-9(8)10(12)13/h4-6H,2-3H2,1H3,(H,12,13). The molecule has 0 aliphatic heterocycles. The van der Waals surface area contributed by atoms with Gasteiger partial charge in [-0.15, -0.1) is 11.8 Å². The predicted octanol–water partition coefficient (Wildman–Crippen LogP) is 2.04. The molecule has 1 N–H and O–H groups in total. The number of pyridine rings is 1. The SMILES string of the molecule is CSc1cc(OC2CC2)cnc1C(=O)O. The summed E-state index contributed by atoms with van der Waals surface area (Å²) in [7, 11) is 0. The van der Waals surface area contributed by atoms with Crippen LogP contribution in [0.5, 0.6) is 5.75 Å². The van der Waals surface area contributed by atoms with E-state index in [9.17, 15) is 4.79 Å². The molecule has 0 aromatic carbocycles. The summed E-state index contributed by atoms with van der Waals surface area (Å²) in [6.45, 7) is 0. The number of aromatic carboxylic acids is 1. The number of rotatable bonds is 4. The average Bonchev–Trinajstić information content (AvgIpc) is 3.01. The molecule has 0 spiro atoms. The third-order valence-corrected chi connectivity index (χ3v) is 2.83. The van der Waals surface area contributed by atoms with E-state index >= 15 is 0 Å². The molecule has 1 fully saturated rings. The highest BCUT2D eigenvalue weighted by molar-refractivity contribution is 7.98. The predicted molar refractivity (Wildman–Crippen MR) is 56.6 cm³/mol. The van der Waals surface area contributed by atoms with Gasteiger partial charge in [-0.3, -0.25) is 0 Å². The van der Waals surface area contributed by atoms with Crippen LogP contribution in [0.15, 0.2) is 17.2 Å². The van der Waals surface area contributed by atoms with E-state index in [4.69, 9.17) is 9.84 Å². The normalized spacial score (nSPS) is 15.0.